The summed E-state index contributed by atoms with van der Waals surface area (Å²) in [5.74, 6) is 1.54. The van der Waals surface area contributed by atoms with Crippen LogP contribution < -0.4 is 0 Å². The zero-order valence-corrected chi connectivity index (χ0v) is 20.5. The van der Waals surface area contributed by atoms with Crippen molar-refractivity contribution >= 4 is 11.8 Å². The molecule has 1 aromatic carbocycles. The summed E-state index contributed by atoms with van der Waals surface area (Å²) < 4.78 is 0. The summed E-state index contributed by atoms with van der Waals surface area (Å²) in [6.45, 7) is 6.77. The molecule has 0 saturated carbocycles. The van der Waals surface area contributed by atoms with Gasteiger partial charge in [-0.1, -0.05) is 97.8 Å². The van der Waals surface area contributed by atoms with Crippen LogP contribution in [0.1, 0.15) is 128 Å². The Morgan fingerprint density at radius 2 is 1.00 bits per heavy atom. The second-order valence-corrected chi connectivity index (χ2v) is 9.83. The van der Waals surface area contributed by atoms with Gasteiger partial charge in [0.15, 0.2) is 5.75 Å². The van der Waals surface area contributed by atoms with Crippen molar-refractivity contribution in [2.24, 2.45) is 0 Å². The zero-order chi connectivity index (χ0) is 21.2. The summed E-state index contributed by atoms with van der Waals surface area (Å²) in [6.07, 6.45) is 21.3. The lowest BCUT2D eigenvalue weighted by Gasteiger charge is -2.12. The van der Waals surface area contributed by atoms with E-state index >= 15 is 0 Å². The Labute approximate surface area is 186 Å². The molecule has 0 aliphatic rings. The fourth-order valence-electron chi connectivity index (χ4n) is 3.91. The average Bonchev–Trinajstić information content (AvgIpc) is 2.73. The molecule has 0 heterocycles. The van der Waals surface area contributed by atoms with E-state index < -0.39 is 0 Å². The maximum Gasteiger partial charge on any atom is 0.185 e. The quantitative estimate of drug-likeness (QED) is 0.161. The van der Waals surface area contributed by atoms with Gasteiger partial charge in [-0.25, -0.2) is 0 Å². The standard InChI is InChI=1S/C27H47OS/c1-4-7-10-13-14-15-18-21-29-26-22-24(19-16-11-8-5-2)27(28)25(23-26)20-17-12-9-6-3/h22-23H,4-21H2,1-3H3. The van der Waals surface area contributed by atoms with Crippen molar-refractivity contribution in [1.29, 1.82) is 0 Å². The highest BCUT2D eigenvalue weighted by molar-refractivity contribution is 7.99. The Bertz CT molecular complexity index is 478. The first kappa shape index (κ1) is 26.4. The fraction of sp³-hybridized carbons (Fsp3) is 0.778. The van der Waals surface area contributed by atoms with E-state index in [1.165, 1.54) is 94.1 Å². The molecule has 0 atom stereocenters. The molecule has 0 bridgehead atoms. The summed E-state index contributed by atoms with van der Waals surface area (Å²) in [5.41, 5.74) is 2.16. The van der Waals surface area contributed by atoms with E-state index in [-0.39, 0.29) is 0 Å². The number of hydrogen-bond acceptors (Lipinski definition) is 1. The molecule has 1 aromatic rings. The molecule has 0 amide bonds. The zero-order valence-electron chi connectivity index (χ0n) is 19.7. The first-order valence-corrected chi connectivity index (χ1v) is 13.7. The molecule has 1 radical (unpaired) electrons. The molecule has 29 heavy (non-hydrogen) atoms. The van der Waals surface area contributed by atoms with Crippen LogP contribution in [0.3, 0.4) is 0 Å². The second kappa shape index (κ2) is 18.2. The maximum atomic E-state index is 12.9. The van der Waals surface area contributed by atoms with E-state index in [9.17, 15) is 5.11 Å². The average molecular weight is 420 g/mol. The monoisotopic (exact) mass is 419 g/mol. The number of aryl methyl sites for hydroxylation is 2. The van der Waals surface area contributed by atoms with Crippen molar-refractivity contribution in [3.63, 3.8) is 0 Å². The Morgan fingerprint density at radius 3 is 1.48 bits per heavy atom. The molecule has 0 saturated heterocycles. The predicted octanol–water partition coefficient (Wildman–Crippen LogP) is 9.92. The van der Waals surface area contributed by atoms with Crippen molar-refractivity contribution in [3.05, 3.63) is 23.3 Å². The van der Waals surface area contributed by atoms with Gasteiger partial charge in [0.25, 0.3) is 0 Å². The van der Waals surface area contributed by atoms with Gasteiger partial charge < -0.3 is 0 Å². The van der Waals surface area contributed by atoms with Crippen molar-refractivity contribution in [2.45, 2.75) is 135 Å². The van der Waals surface area contributed by atoms with E-state index in [4.69, 9.17) is 0 Å². The van der Waals surface area contributed by atoms with E-state index in [2.05, 4.69) is 32.9 Å². The van der Waals surface area contributed by atoms with Gasteiger partial charge in [0, 0.05) is 16.0 Å². The molecule has 0 aliphatic carbocycles. The van der Waals surface area contributed by atoms with Crippen LogP contribution in [0.4, 0.5) is 0 Å². The molecular formula is C27H47OS. The van der Waals surface area contributed by atoms with Gasteiger partial charge in [0.05, 0.1) is 0 Å². The van der Waals surface area contributed by atoms with Crippen molar-refractivity contribution in [2.75, 3.05) is 5.75 Å². The molecule has 0 fully saturated rings. The van der Waals surface area contributed by atoms with Gasteiger partial charge >= 0.3 is 0 Å². The number of rotatable bonds is 19. The minimum atomic E-state index is 0.346. The topological polar surface area (TPSA) is 19.9 Å². The number of unbranched alkanes of at least 4 members (excludes halogenated alkanes) is 12. The minimum absolute atomic E-state index is 0.346. The molecule has 2 heteroatoms. The van der Waals surface area contributed by atoms with Gasteiger partial charge in [-0.3, -0.25) is 5.11 Å². The molecular weight excluding hydrogens is 372 g/mol. The van der Waals surface area contributed by atoms with Crippen LogP contribution in [0, 0.1) is 0 Å². The summed E-state index contributed by atoms with van der Waals surface area (Å²) in [7, 11) is 0. The van der Waals surface area contributed by atoms with Crippen LogP contribution in [0.2, 0.25) is 0 Å². The summed E-state index contributed by atoms with van der Waals surface area (Å²) in [6, 6.07) is 4.44. The summed E-state index contributed by atoms with van der Waals surface area (Å²) in [4.78, 5) is 1.34. The molecule has 0 unspecified atom stereocenters. The van der Waals surface area contributed by atoms with Crippen molar-refractivity contribution < 1.29 is 5.11 Å². The third kappa shape index (κ3) is 12.6. The molecule has 0 spiro atoms. The van der Waals surface area contributed by atoms with Crippen LogP contribution in [-0.2, 0) is 17.9 Å². The lowest BCUT2D eigenvalue weighted by atomic mass is 9.99. The Balaban J connectivity index is 2.56. The van der Waals surface area contributed by atoms with Crippen LogP contribution in [0.15, 0.2) is 17.0 Å². The van der Waals surface area contributed by atoms with Crippen molar-refractivity contribution in [3.8, 4) is 5.75 Å². The molecule has 0 aliphatic heterocycles. The molecule has 1 rings (SSSR count). The SMILES string of the molecule is CCCCCCCCCSc1cc(CCCCCC)c([O])c(CCCCCC)c1. The van der Waals surface area contributed by atoms with E-state index in [0.29, 0.717) is 5.75 Å². The van der Waals surface area contributed by atoms with Crippen LogP contribution >= 0.6 is 11.8 Å². The van der Waals surface area contributed by atoms with E-state index in [1.807, 2.05) is 11.8 Å². The normalized spacial score (nSPS) is 11.3. The minimum Gasteiger partial charge on any atom is -0.289 e. The lowest BCUT2D eigenvalue weighted by Crippen LogP contribution is -1.95. The number of benzene rings is 1. The fourth-order valence-corrected chi connectivity index (χ4v) is 4.95. The van der Waals surface area contributed by atoms with Gasteiger partial charge in [-0.2, -0.15) is 0 Å². The summed E-state index contributed by atoms with van der Waals surface area (Å²) in [5, 5.41) is 12.9. The van der Waals surface area contributed by atoms with Crippen LogP contribution in [0.5, 0.6) is 5.75 Å². The van der Waals surface area contributed by atoms with E-state index in [1.54, 1.807) is 0 Å². The third-order valence-corrected chi connectivity index (χ3v) is 6.89. The summed E-state index contributed by atoms with van der Waals surface area (Å²) >= 11 is 1.97. The molecule has 0 N–H and O–H groups in total. The third-order valence-electron chi connectivity index (χ3n) is 5.83. The van der Waals surface area contributed by atoms with Gasteiger partial charge in [-0.05, 0) is 50.0 Å². The largest absolute Gasteiger partial charge is 0.289 e. The first-order chi connectivity index (χ1) is 14.2. The molecule has 1 nitrogen and oxygen atoms in total. The predicted molar refractivity (Wildman–Crippen MR) is 131 cm³/mol. The van der Waals surface area contributed by atoms with Gasteiger partial charge in [-0.15, -0.1) is 11.8 Å². The lowest BCUT2D eigenvalue weighted by molar-refractivity contribution is 0.343. The molecule has 167 valence electrons. The van der Waals surface area contributed by atoms with Gasteiger partial charge in [0.1, 0.15) is 0 Å². The highest BCUT2D eigenvalue weighted by atomic mass is 32.2. The van der Waals surface area contributed by atoms with Crippen LogP contribution in [0.25, 0.3) is 0 Å². The van der Waals surface area contributed by atoms with Crippen LogP contribution in [-0.4, -0.2) is 5.75 Å². The maximum absolute atomic E-state index is 12.9. The van der Waals surface area contributed by atoms with E-state index in [0.717, 1.165) is 36.8 Å². The Kier molecular flexibility index (Phi) is 16.5. The number of hydrogen-bond donors (Lipinski definition) is 0. The Morgan fingerprint density at radius 1 is 0.586 bits per heavy atom. The Hall–Kier alpha value is -0.630. The number of thioether (sulfide) groups is 1. The second-order valence-electron chi connectivity index (χ2n) is 8.66. The van der Waals surface area contributed by atoms with Crippen molar-refractivity contribution in [1.82, 2.24) is 0 Å². The first-order valence-electron chi connectivity index (χ1n) is 12.7. The molecule has 0 aromatic heterocycles. The van der Waals surface area contributed by atoms with Gasteiger partial charge in [0.2, 0.25) is 0 Å². The highest BCUT2D eigenvalue weighted by Gasteiger charge is 2.12. The highest BCUT2D eigenvalue weighted by Crippen LogP contribution is 2.33. The smallest absolute Gasteiger partial charge is 0.185 e.